The molecule has 6 heteroatoms. The average Bonchev–Trinajstić information content (AvgIpc) is 3.44. The highest BCUT2D eigenvalue weighted by Crippen LogP contribution is 2.45. The molecule has 0 saturated carbocycles. The summed E-state index contributed by atoms with van der Waals surface area (Å²) in [6, 6.07) is 14.8. The van der Waals surface area contributed by atoms with E-state index in [4.69, 9.17) is 4.74 Å². The van der Waals surface area contributed by atoms with Gasteiger partial charge in [0.05, 0.1) is 23.7 Å². The third-order valence-corrected chi connectivity index (χ3v) is 7.10. The Kier molecular flexibility index (Phi) is 4.42. The molecule has 168 valence electrons. The van der Waals surface area contributed by atoms with Crippen LogP contribution in [0.3, 0.4) is 0 Å². The van der Waals surface area contributed by atoms with Crippen molar-refractivity contribution in [2.24, 2.45) is 7.05 Å². The van der Waals surface area contributed by atoms with Gasteiger partial charge in [-0.3, -0.25) is 4.79 Å². The Morgan fingerprint density at radius 1 is 1.03 bits per heavy atom. The molecule has 0 radical (unpaired) electrons. The van der Waals surface area contributed by atoms with Crippen LogP contribution in [0.1, 0.15) is 22.3 Å². The van der Waals surface area contributed by atoms with Gasteiger partial charge in [-0.1, -0.05) is 18.2 Å². The molecule has 6 nitrogen and oxygen atoms in total. The molecular weight excluding hydrogens is 412 g/mol. The summed E-state index contributed by atoms with van der Waals surface area (Å²) < 4.78 is 10.3. The summed E-state index contributed by atoms with van der Waals surface area (Å²) in [5.41, 5.74) is 6.59. The Labute approximate surface area is 192 Å². The van der Waals surface area contributed by atoms with Gasteiger partial charge in [0.25, 0.3) is 5.91 Å². The van der Waals surface area contributed by atoms with Gasteiger partial charge in [-0.25, -0.2) is 0 Å². The van der Waals surface area contributed by atoms with Crippen molar-refractivity contribution in [3.63, 3.8) is 0 Å². The van der Waals surface area contributed by atoms with Crippen molar-refractivity contribution in [3.8, 4) is 5.75 Å². The number of aromatic nitrogens is 2. The fourth-order valence-corrected chi connectivity index (χ4v) is 5.67. The lowest BCUT2D eigenvalue weighted by Gasteiger charge is -2.13. The Bertz CT molecular complexity index is 1590. The van der Waals surface area contributed by atoms with Crippen LogP contribution in [0.5, 0.6) is 5.75 Å². The Morgan fingerprint density at radius 3 is 2.64 bits per heavy atom. The molecule has 0 atom stereocenters. The molecule has 6 rings (SSSR count). The van der Waals surface area contributed by atoms with Gasteiger partial charge < -0.3 is 24.1 Å². The van der Waals surface area contributed by atoms with E-state index in [2.05, 4.69) is 76.9 Å². The molecule has 1 N–H and O–H groups in total. The number of ether oxygens (including phenoxy) is 1. The number of rotatable bonds is 5. The maximum absolute atomic E-state index is 13.2. The second-order valence-corrected chi connectivity index (χ2v) is 9.25. The van der Waals surface area contributed by atoms with Crippen LogP contribution in [0, 0.1) is 0 Å². The second-order valence-electron chi connectivity index (χ2n) is 9.25. The first kappa shape index (κ1) is 20.1. The van der Waals surface area contributed by atoms with Gasteiger partial charge in [0.1, 0.15) is 5.75 Å². The minimum Gasteiger partial charge on any atom is -0.497 e. The lowest BCUT2D eigenvalue weighted by Crippen LogP contribution is -2.15. The van der Waals surface area contributed by atoms with Crippen LogP contribution in [0.25, 0.3) is 43.6 Å². The van der Waals surface area contributed by atoms with Crippen molar-refractivity contribution >= 4 is 49.5 Å². The number of nitrogens with one attached hydrogen (secondary N) is 1. The van der Waals surface area contributed by atoms with E-state index < -0.39 is 0 Å². The minimum atomic E-state index is 0.0108. The fraction of sp³-hybridized carbons (Fsp3) is 0.296. The Balaban J connectivity index is 1.83. The lowest BCUT2D eigenvalue weighted by molar-refractivity contribution is 0.0967. The molecule has 3 heterocycles. The maximum atomic E-state index is 13.2. The first-order chi connectivity index (χ1) is 16.0. The summed E-state index contributed by atoms with van der Waals surface area (Å²) >= 11 is 0. The summed E-state index contributed by atoms with van der Waals surface area (Å²) in [7, 11) is 8.03. The van der Waals surface area contributed by atoms with Crippen LogP contribution < -0.4 is 10.1 Å². The van der Waals surface area contributed by atoms with Gasteiger partial charge in [-0.2, -0.15) is 0 Å². The average molecular weight is 441 g/mol. The summed E-state index contributed by atoms with van der Waals surface area (Å²) in [6.07, 6.45) is 1.05. The third-order valence-electron chi connectivity index (χ3n) is 7.10. The van der Waals surface area contributed by atoms with E-state index in [1.54, 1.807) is 7.11 Å². The normalized spacial score (nSPS) is 13.7. The van der Waals surface area contributed by atoms with Crippen molar-refractivity contribution in [3.05, 3.63) is 53.6 Å². The van der Waals surface area contributed by atoms with E-state index >= 15 is 0 Å². The van der Waals surface area contributed by atoms with Crippen LogP contribution in [-0.2, 0) is 20.1 Å². The number of amides is 1. The first-order valence-electron chi connectivity index (χ1n) is 11.5. The second kappa shape index (κ2) is 7.25. The quantitative estimate of drug-likeness (QED) is 0.433. The number of methoxy groups -OCH3 is 1. The molecule has 0 bridgehead atoms. The van der Waals surface area contributed by atoms with Crippen LogP contribution in [-0.4, -0.2) is 47.7 Å². The topological polar surface area (TPSA) is 51.4 Å². The summed E-state index contributed by atoms with van der Waals surface area (Å²) in [6.45, 7) is 2.50. The molecule has 3 aromatic carbocycles. The molecule has 1 aliphatic rings. The number of fused-ring (bicyclic) bond motifs is 10. The largest absolute Gasteiger partial charge is 0.497 e. The van der Waals surface area contributed by atoms with E-state index in [-0.39, 0.29) is 5.91 Å². The molecule has 1 amide bonds. The highest BCUT2D eigenvalue weighted by molar-refractivity contribution is 6.30. The van der Waals surface area contributed by atoms with Gasteiger partial charge in [0, 0.05) is 52.7 Å². The van der Waals surface area contributed by atoms with Crippen molar-refractivity contribution in [2.45, 2.75) is 19.5 Å². The van der Waals surface area contributed by atoms with Gasteiger partial charge in [0.15, 0.2) is 0 Å². The van der Waals surface area contributed by atoms with E-state index in [0.717, 1.165) is 58.2 Å². The number of nitrogens with zero attached hydrogens (tertiary/aromatic N) is 3. The zero-order valence-electron chi connectivity index (χ0n) is 19.5. The van der Waals surface area contributed by atoms with E-state index in [1.165, 1.54) is 21.8 Å². The molecule has 33 heavy (non-hydrogen) atoms. The molecule has 0 fully saturated rings. The van der Waals surface area contributed by atoms with Gasteiger partial charge in [-0.15, -0.1) is 0 Å². The maximum Gasteiger partial charge on any atom is 0.252 e. The highest BCUT2D eigenvalue weighted by Gasteiger charge is 2.31. The Morgan fingerprint density at radius 2 is 1.85 bits per heavy atom. The fourth-order valence-electron chi connectivity index (χ4n) is 5.67. The SMILES string of the molecule is COc1ccc2c(c1)c1c3c(c4c5ccccc5n(CCCN(C)C)c4c1n2C)CNC3=O. The van der Waals surface area contributed by atoms with Crippen molar-refractivity contribution in [1.29, 1.82) is 0 Å². The van der Waals surface area contributed by atoms with Gasteiger partial charge in [-0.05, 0) is 56.9 Å². The molecule has 0 unspecified atom stereocenters. The molecular formula is C27H28N4O2. The first-order valence-corrected chi connectivity index (χ1v) is 11.5. The van der Waals surface area contributed by atoms with E-state index in [9.17, 15) is 4.79 Å². The monoisotopic (exact) mass is 440 g/mol. The van der Waals surface area contributed by atoms with Crippen LogP contribution >= 0.6 is 0 Å². The summed E-state index contributed by atoms with van der Waals surface area (Å²) in [5.74, 6) is 0.811. The predicted molar refractivity (Wildman–Crippen MR) is 134 cm³/mol. The molecule has 2 aromatic heterocycles. The molecule has 5 aromatic rings. The van der Waals surface area contributed by atoms with Gasteiger partial charge in [0.2, 0.25) is 0 Å². The van der Waals surface area contributed by atoms with Crippen LogP contribution in [0.4, 0.5) is 0 Å². The summed E-state index contributed by atoms with van der Waals surface area (Å²) in [4.78, 5) is 15.4. The van der Waals surface area contributed by atoms with E-state index in [0.29, 0.717) is 6.54 Å². The Hall–Kier alpha value is -3.51. The standard InChI is InChI=1S/C27H28N4O2/c1-29(2)12-7-13-31-21-9-6-5-8-17(21)22-19-15-28-27(32)24(19)23-18-14-16(33-4)10-11-20(18)30(3)25(23)26(22)31/h5-6,8-11,14H,7,12-13,15H2,1-4H3,(H,28,32). The number of hydrogen-bond acceptors (Lipinski definition) is 3. The number of hydrogen-bond donors (Lipinski definition) is 1. The zero-order valence-corrected chi connectivity index (χ0v) is 19.5. The summed E-state index contributed by atoms with van der Waals surface area (Å²) in [5, 5.41) is 7.62. The third kappa shape index (κ3) is 2.74. The molecule has 0 spiro atoms. The lowest BCUT2D eigenvalue weighted by atomic mass is 9.97. The molecule has 1 aliphatic heterocycles. The van der Waals surface area contributed by atoms with E-state index in [1.807, 2.05) is 6.07 Å². The van der Waals surface area contributed by atoms with Crippen LogP contribution in [0.15, 0.2) is 42.5 Å². The van der Waals surface area contributed by atoms with Crippen molar-refractivity contribution in [1.82, 2.24) is 19.4 Å². The number of para-hydroxylation sites is 1. The van der Waals surface area contributed by atoms with Crippen molar-refractivity contribution < 1.29 is 9.53 Å². The number of carbonyl (C=O) groups excluding carboxylic acids is 1. The number of aryl methyl sites for hydroxylation is 2. The predicted octanol–water partition coefficient (Wildman–Crippen LogP) is 4.64. The number of carbonyl (C=O) groups is 1. The zero-order chi connectivity index (χ0) is 22.9. The molecule has 0 saturated heterocycles. The highest BCUT2D eigenvalue weighted by atomic mass is 16.5. The number of benzene rings is 3. The smallest absolute Gasteiger partial charge is 0.252 e. The van der Waals surface area contributed by atoms with Crippen LogP contribution in [0.2, 0.25) is 0 Å². The minimum absolute atomic E-state index is 0.0108. The molecule has 0 aliphatic carbocycles. The van der Waals surface area contributed by atoms with Gasteiger partial charge >= 0.3 is 0 Å². The van der Waals surface area contributed by atoms with Crippen molar-refractivity contribution in [2.75, 3.05) is 27.7 Å².